The van der Waals surface area contributed by atoms with Crippen LogP contribution in [0.1, 0.15) is 31.4 Å². The fourth-order valence-corrected chi connectivity index (χ4v) is 2.88. The van der Waals surface area contributed by atoms with Crippen molar-refractivity contribution in [2.75, 3.05) is 13.7 Å². The predicted octanol–water partition coefficient (Wildman–Crippen LogP) is 2.32. The van der Waals surface area contributed by atoms with E-state index in [2.05, 4.69) is 37.8 Å². The number of hydrogen-bond donors (Lipinski definition) is 1. The normalized spacial score (nSPS) is 23.3. The highest BCUT2D eigenvalue weighted by Gasteiger charge is 2.36. The molecule has 100 valence electrons. The number of benzene rings is 1. The first-order valence-corrected chi connectivity index (χ1v) is 6.56. The van der Waals surface area contributed by atoms with Crippen molar-refractivity contribution in [3.05, 3.63) is 29.3 Å². The summed E-state index contributed by atoms with van der Waals surface area (Å²) in [7, 11) is 1.73. The summed E-state index contributed by atoms with van der Waals surface area (Å²) in [5.74, 6) is 0.969. The summed E-state index contributed by atoms with van der Waals surface area (Å²) in [5, 5.41) is 0. The fraction of sp³-hybridized carbons (Fsp3) is 0.600. The molecule has 1 aromatic rings. The van der Waals surface area contributed by atoms with E-state index in [1.165, 1.54) is 11.1 Å². The van der Waals surface area contributed by atoms with Crippen molar-refractivity contribution in [1.29, 1.82) is 0 Å². The molecule has 1 aliphatic heterocycles. The van der Waals surface area contributed by atoms with Gasteiger partial charge in [-0.1, -0.05) is 17.7 Å². The molecule has 1 fully saturated rings. The lowest BCUT2D eigenvalue weighted by Crippen LogP contribution is -2.37. The van der Waals surface area contributed by atoms with Gasteiger partial charge >= 0.3 is 0 Å². The zero-order valence-electron chi connectivity index (χ0n) is 11.9. The SMILES string of the molecule is COc1ccc(C)cc1CN1CC(N)CC1(C)C. The third-order valence-corrected chi connectivity index (χ3v) is 3.87. The summed E-state index contributed by atoms with van der Waals surface area (Å²) in [5.41, 5.74) is 8.78. The molecule has 0 aromatic heterocycles. The Labute approximate surface area is 110 Å². The third-order valence-electron chi connectivity index (χ3n) is 3.87. The van der Waals surface area contributed by atoms with Crippen LogP contribution in [0, 0.1) is 6.92 Å². The van der Waals surface area contributed by atoms with Gasteiger partial charge in [0.15, 0.2) is 0 Å². The molecule has 0 aliphatic carbocycles. The molecule has 1 aliphatic rings. The fourth-order valence-electron chi connectivity index (χ4n) is 2.88. The van der Waals surface area contributed by atoms with Crippen molar-refractivity contribution >= 4 is 0 Å². The molecule has 1 heterocycles. The molecule has 1 unspecified atom stereocenters. The monoisotopic (exact) mass is 248 g/mol. The third kappa shape index (κ3) is 2.68. The van der Waals surface area contributed by atoms with E-state index in [9.17, 15) is 0 Å². The van der Waals surface area contributed by atoms with Crippen molar-refractivity contribution in [2.45, 2.75) is 45.3 Å². The highest BCUT2D eigenvalue weighted by Crippen LogP contribution is 2.31. The van der Waals surface area contributed by atoms with Crippen LogP contribution in [0.2, 0.25) is 0 Å². The van der Waals surface area contributed by atoms with Gasteiger partial charge < -0.3 is 10.5 Å². The van der Waals surface area contributed by atoms with E-state index >= 15 is 0 Å². The summed E-state index contributed by atoms with van der Waals surface area (Å²) in [6.45, 7) is 8.52. The molecule has 0 spiro atoms. The second-order valence-corrected chi connectivity index (χ2v) is 5.97. The van der Waals surface area contributed by atoms with E-state index in [4.69, 9.17) is 10.5 Å². The van der Waals surface area contributed by atoms with E-state index in [1.54, 1.807) is 7.11 Å². The van der Waals surface area contributed by atoms with E-state index < -0.39 is 0 Å². The number of aryl methyl sites for hydroxylation is 1. The first-order chi connectivity index (χ1) is 8.42. The maximum Gasteiger partial charge on any atom is 0.123 e. The number of nitrogens with zero attached hydrogens (tertiary/aromatic N) is 1. The molecule has 3 heteroatoms. The Bertz CT molecular complexity index is 429. The second-order valence-electron chi connectivity index (χ2n) is 5.97. The van der Waals surface area contributed by atoms with E-state index in [1.807, 2.05) is 6.07 Å². The molecule has 2 N–H and O–H groups in total. The predicted molar refractivity (Wildman–Crippen MR) is 74.8 cm³/mol. The molecule has 0 radical (unpaired) electrons. The number of methoxy groups -OCH3 is 1. The lowest BCUT2D eigenvalue weighted by atomic mass is 10.00. The first kappa shape index (κ1) is 13.4. The number of ether oxygens (including phenoxy) is 1. The van der Waals surface area contributed by atoms with Crippen LogP contribution in [0.15, 0.2) is 18.2 Å². The highest BCUT2D eigenvalue weighted by molar-refractivity contribution is 5.37. The van der Waals surface area contributed by atoms with Crippen LogP contribution in [0.25, 0.3) is 0 Å². The topological polar surface area (TPSA) is 38.5 Å². The van der Waals surface area contributed by atoms with E-state index in [0.717, 1.165) is 25.3 Å². The Morgan fingerprint density at radius 1 is 1.44 bits per heavy atom. The number of hydrogen-bond acceptors (Lipinski definition) is 3. The van der Waals surface area contributed by atoms with Gasteiger partial charge in [0.05, 0.1) is 7.11 Å². The van der Waals surface area contributed by atoms with Crippen molar-refractivity contribution in [3.63, 3.8) is 0 Å². The quantitative estimate of drug-likeness (QED) is 0.892. The lowest BCUT2D eigenvalue weighted by molar-refractivity contribution is 0.164. The van der Waals surface area contributed by atoms with Crippen LogP contribution in [-0.4, -0.2) is 30.1 Å². The summed E-state index contributed by atoms with van der Waals surface area (Å²) in [4.78, 5) is 2.45. The van der Waals surface area contributed by atoms with Crippen LogP contribution in [-0.2, 0) is 6.54 Å². The molecule has 3 nitrogen and oxygen atoms in total. The van der Waals surface area contributed by atoms with Crippen LogP contribution in [0.5, 0.6) is 5.75 Å². The molecule has 1 saturated heterocycles. The average Bonchev–Trinajstić information content (AvgIpc) is 2.52. The smallest absolute Gasteiger partial charge is 0.123 e. The summed E-state index contributed by atoms with van der Waals surface area (Å²) >= 11 is 0. The van der Waals surface area contributed by atoms with E-state index in [0.29, 0.717) is 0 Å². The largest absolute Gasteiger partial charge is 0.496 e. The molecule has 18 heavy (non-hydrogen) atoms. The molecule has 0 saturated carbocycles. The second kappa shape index (κ2) is 4.90. The molecule has 0 amide bonds. The summed E-state index contributed by atoms with van der Waals surface area (Å²) in [6.07, 6.45) is 1.06. The minimum atomic E-state index is 0.175. The minimum Gasteiger partial charge on any atom is -0.496 e. The Kier molecular flexibility index (Phi) is 3.64. The standard InChI is InChI=1S/C15H24N2O/c1-11-5-6-14(18-4)12(7-11)9-17-10-13(16)8-15(17,2)3/h5-7,13H,8-10,16H2,1-4H3. The maximum absolute atomic E-state index is 6.08. The molecule has 0 bridgehead atoms. The number of likely N-dealkylation sites (tertiary alicyclic amines) is 1. The van der Waals surface area contributed by atoms with Gasteiger partial charge in [-0.05, 0) is 33.3 Å². The Morgan fingerprint density at radius 3 is 2.72 bits per heavy atom. The minimum absolute atomic E-state index is 0.175. The van der Waals surface area contributed by atoms with Gasteiger partial charge in [0.2, 0.25) is 0 Å². The van der Waals surface area contributed by atoms with Gasteiger partial charge in [0.25, 0.3) is 0 Å². The zero-order chi connectivity index (χ0) is 13.3. The van der Waals surface area contributed by atoms with Crippen LogP contribution in [0.3, 0.4) is 0 Å². The molecular weight excluding hydrogens is 224 g/mol. The Morgan fingerprint density at radius 2 is 2.17 bits per heavy atom. The number of rotatable bonds is 3. The van der Waals surface area contributed by atoms with Crippen LogP contribution < -0.4 is 10.5 Å². The lowest BCUT2D eigenvalue weighted by Gasteiger charge is -2.31. The number of nitrogens with two attached hydrogens (primary N) is 1. The van der Waals surface area contributed by atoms with Crippen LogP contribution >= 0.6 is 0 Å². The summed E-state index contributed by atoms with van der Waals surface area (Å²) in [6, 6.07) is 6.63. The van der Waals surface area contributed by atoms with E-state index in [-0.39, 0.29) is 11.6 Å². The van der Waals surface area contributed by atoms with Gasteiger partial charge in [-0.2, -0.15) is 0 Å². The van der Waals surface area contributed by atoms with Crippen LogP contribution in [0.4, 0.5) is 0 Å². The Hall–Kier alpha value is -1.06. The molecule has 1 atom stereocenters. The average molecular weight is 248 g/mol. The zero-order valence-corrected chi connectivity index (χ0v) is 11.9. The van der Waals surface area contributed by atoms with Gasteiger partial charge in [0, 0.05) is 30.2 Å². The molecule has 1 aromatic carbocycles. The molecular formula is C15H24N2O. The van der Waals surface area contributed by atoms with Crippen molar-refractivity contribution in [3.8, 4) is 5.75 Å². The van der Waals surface area contributed by atoms with Gasteiger partial charge in [0.1, 0.15) is 5.75 Å². The first-order valence-electron chi connectivity index (χ1n) is 6.56. The molecule has 2 rings (SSSR count). The van der Waals surface area contributed by atoms with Crippen molar-refractivity contribution < 1.29 is 4.74 Å². The maximum atomic E-state index is 6.08. The summed E-state index contributed by atoms with van der Waals surface area (Å²) < 4.78 is 5.45. The highest BCUT2D eigenvalue weighted by atomic mass is 16.5. The van der Waals surface area contributed by atoms with Gasteiger partial charge in [-0.15, -0.1) is 0 Å². The van der Waals surface area contributed by atoms with Gasteiger partial charge in [-0.3, -0.25) is 4.90 Å². The van der Waals surface area contributed by atoms with Crippen molar-refractivity contribution in [2.24, 2.45) is 5.73 Å². The van der Waals surface area contributed by atoms with Crippen molar-refractivity contribution in [1.82, 2.24) is 4.90 Å². The van der Waals surface area contributed by atoms with Gasteiger partial charge in [-0.25, -0.2) is 0 Å². The Balaban J connectivity index is 2.21.